The summed E-state index contributed by atoms with van der Waals surface area (Å²) in [6, 6.07) is 9.67. The van der Waals surface area contributed by atoms with Crippen molar-refractivity contribution in [2.75, 3.05) is 0 Å². The Bertz CT molecular complexity index is 513. The molecular formula is C16H20N2O2. The third-order valence-electron chi connectivity index (χ3n) is 4.08. The Morgan fingerprint density at radius 1 is 1.25 bits per heavy atom. The third-order valence-corrected chi connectivity index (χ3v) is 4.08. The number of rotatable bonds is 4. The summed E-state index contributed by atoms with van der Waals surface area (Å²) in [5.74, 6) is -0.174. The summed E-state index contributed by atoms with van der Waals surface area (Å²) in [4.78, 5) is 12.3. The number of carbonyl (C=O) groups excluding carboxylic acids is 1. The molecule has 0 heterocycles. The zero-order chi connectivity index (χ0) is 14.4. The van der Waals surface area contributed by atoms with Gasteiger partial charge < -0.3 is 10.4 Å². The average Bonchev–Trinajstić information content (AvgIpc) is 2.53. The normalized spacial score (nSPS) is 17.2. The fourth-order valence-corrected chi connectivity index (χ4v) is 2.77. The number of nitriles is 1. The van der Waals surface area contributed by atoms with Gasteiger partial charge in [0.25, 0.3) is 0 Å². The van der Waals surface area contributed by atoms with Gasteiger partial charge in [0.2, 0.25) is 5.91 Å². The highest BCUT2D eigenvalue weighted by atomic mass is 16.3. The Morgan fingerprint density at radius 3 is 2.50 bits per heavy atom. The third kappa shape index (κ3) is 3.00. The fraction of sp³-hybridized carbons (Fsp3) is 0.500. The quantitative estimate of drug-likeness (QED) is 0.883. The molecule has 2 N–H and O–H groups in total. The fourth-order valence-electron chi connectivity index (χ4n) is 2.77. The molecule has 0 unspecified atom stereocenters. The molecule has 106 valence electrons. The van der Waals surface area contributed by atoms with Gasteiger partial charge in [0.1, 0.15) is 5.41 Å². The van der Waals surface area contributed by atoms with E-state index in [1.165, 1.54) is 0 Å². The summed E-state index contributed by atoms with van der Waals surface area (Å²) < 4.78 is 0. The maximum atomic E-state index is 12.3. The predicted molar refractivity (Wildman–Crippen MR) is 75.3 cm³/mol. The molecule has 1 aromatic rings. The molecule has 0 aliphatic heterocycles. The van der Waals surface area contributed by atoms with E-state index < -0.39 is 5.41 Å². The molecule has 0 aromatic heterocycles. The number of nitrogens with zero attached hydrogens (tertiary/aromatic N) is 1. The molecule has 1 fully saturated rings. The van der Waals surface area contributed by atoms with E-state index in [1.807, 2.05) is 24.3 Å². The summed E-state index contributed by atoms with van der Waals surface area (Å²) in [7, 11) is 0. The molecular weight excluding hydrogens is 252 g/mol. The Labute approximate surface area is 119 Å². The van der Waals surface area contributed by atoms with E-state index in [9.17, 15) is 15.2 Å². The molecule has 1 aliphatic rings. The number of hydrogen-bond donors (Lipinski definition) is 2. The largest absolute Gasteiger partial charge is 0.392 e. The molecule has 1 amide bonds. The molecule has 0 atom stereocenters. The molecule has 0 bridgehead atoms. The van der Waals surface area contributed by atoms with Crippen LogP contribution >= 0.6 is 0 Å². The van der Waals surface area contributed by atoms with Crippen LogP contribution in [0.4, 0.5) is 0 Å². The first-order valence-corrected chi connectivity index (χ1v) is 7.09. The van der Waals surface area contributed by atoms with E-state index in [-0.39, 0.29) is 12.5 Å². The minimum atomic E-state index is -0.855. The highest BCUT2D eigenvalue weighted by Crippen LogP contribution is 2.35. The number of aliphatic hydroxyl groups is 1. The Balaban J connectivity index is 2.03. The lowest BCUT2D eigenvalue weighted by Crippen LogP contribution is -2.41. The molecule has 1 aromatic carbocycles. The van der Waals surface area contributed by atoms with E-state index in [0.29, 0.717) is 19.4 Å². The monoisotopic (exact) mass is 272 g/mol. The number of nitrogens with one attached hydrogen (secondary N) is 1. The minimum Gasteiger partial charge on any atom is -0.392 e. The molecule has 1 saturated carbocycles. The van der Waals surface area contributed by atoms with Gasteiger partial charge in [-0.05, 0) is 24.0 Å². The smallest absolute Gasteiger partial charge is 0.240 e. The standard InChI is InChI=1S/C16H20N2O2/c17-12-16(8-4-1-5-9-16)15(20)18-10-13-6-2-3-7-14(13)11-19/h2-3,6-7,19H,1,4-5,8-11H2,(H,18,20). The van der Waals surface area contributed by atoms with Crippen molar-refractivity contribution in [3.63, 3.8) is 0 Å². The van der Waals surface area contributed by atoms with Gasteiger partial charge in [-0.1, -0.05) is 43.5 Å². The van der Waals surface area contributed by atoms with Crippen LogP contribution in [0, 0.1) is 16.7 Å². The Hall–Kier alpha value is -1.86. The van der Waals surface area contributed by atoms with E-state index in [4.69, 9.17) is 0 Å². The maximum absolute atomic E-state index is 12.3. The summed E-state index contributed by atoms with van der Waals surface area (Å²) in [6.45, 7) is 0.314. The average molecular weight is 272 g/mol. The number of amides is 1. The molecule has 4 heteroatoms. The maximum Gasteiger partial charge on any atom is 0.240 e. The van der Waals surface area contributed by atoms with Crippen LogP contribution in [0.3, 0.4) is 0 Å². The number of hydrogen-bond acceptors (Lipinski definition) is 3. The summed E-state index contributed by atoms with van der Waals surface area (Å²) in [6.07, 6.45) is 4.28. The van der Waals surface area contributed by atoms with Crippen molar-refractivity contribution in [1.82, 2.24) is 5.32 Å². The lowest BCUT2D eigenvalue weighted by Gasteiger charge is -2.29. The molecule has 0 radical (unpaired) electrons. The van der Waals surface area contributed by atoms with Crippen LogP contribution in [-0.2, 0) is 17.9 Å². The first-order valence-electron chi connectivity index (χ1n) is 7.09. The SMILES string of the molecule is N#CC1(C(=O)NCc2ccccc2CO)CCCCC1. The van der Waals surface area contributed by atoms with Gasteiger partial charge >= 0.3 is 0 Å². The van der Waals surface area contributed by atoms with Crippen LogP contribution in [-0.4, -0.2) is 11.0 Å². The number of benzene rings is 1. The topological polar surface area (TPSA) is 73.1 Å². The van der Waals surface area contributed by atoms with Gasteiger partial charge in [0, 0.05) is 6.54 Å². The molecule has 4 nitrogen and oxygen atoms in total. The zero-order valence-electron chi connectivity index (χ0n) is 11.6. The molecule has 1 aliphatic carbocycles. The molecule has 20 heavy (non-hydrogen) atoms. The molecule has 0 saturated heterocycles. The molecule has 2 rings (SSSR count). The summed E-state index contributed by atoms with van der Waals surface area (Å²) in [5, 5.41) is 21.5. The van der Waals surface area contributed by atoms with Crippen LogP contribution < -0.4 is 5.32 Å². The highest BCUT2D eigenvalue weighted by molar-refractivity contribution is 5.85. The Morgan fingerprint density at radius 2 is 1.90 bits per heavy atom. The van der Waals surface area contributed by atoms with Crippen LogP contribution in [0.5, 0.6) is 0 Å². The van der Waals surface area contributed by atoms with Gasteiger partial charge in [-0.2, -0.15) is 5.26 Å². The van der Waals surface area contributed by atoms with Crippen LogP contribution in [0.25, 0.3) is 0 Å². The number of aliphatic hydroxyl groups excluding tert-OH is 1. The molecule has 0 spiro atoms. The van der Waals surface area contributed by atoms with Crippen molar-refractivity contribution >= 4 is 5.91 Å². The lowest BCUT2D eigenvalue weighted by molar-refractivity contribution is -0.129. The van der Waals surface area contributed by atoms with Gasteiger partial charge in [-0.15, -0.1) is 0 Å². The summed E-state index contributed by atoms with van der Waals surface area (Å²) >= 11 is 0. The van der Waals surface area contributed by atoms with Crippen molar-refractivity contribution < 1.29 is 9.90 Å². The van der Waals surface area contributed by atoms with Crippen LogP contribution in [0.2, 0.25) is 0 Å². The van der Waals surface area contributed by atoms with Crippen molar-refractivity contribution in [2.24, 2.45) is 5.41 Å². The second kappa shape index (κ2) is 6.53. The first-order chi connectivity index (χ1) is 9.72. The minimum absolute atomic E-state index is 0.0462. The van der Waals surface area contributed by atoms with Crippen LogP contribution in [0.15, 0.2) is 24.3 Å². The van der Waals surface area contributed by atoms with E-state index in [1.54, 1.807) is 0 Å². The van der Waals surface area contributed by atoms with Crippen molar-refractivity contribution in [2.45, 2.75) is 45.3 Å². The van der Waals surface area contributed by atoms with E-state index in [0.717, 1.165) is 30.4 Å². The lowest BCUT2D eigenvalue weighted by atomic mass is 9.74. The van der Waals surface area contributed by atoms with Gasteiger partial charge in [0.15, 0.2) is 0 Å². The number of carbonyl (C=O) groups is 1. The van der Waals surface area contributed by atoms with Crippen molar-refractivity contribution in [3.8, 4) is 6.07 Å². The highest BCUT2D eigenvalue weighted by Gasteiger charge is 2.39. The summed E-state index contributed by atoms with van der Waals surface area (Å²) in [5.41, 5.74) is 0.849. The predicted octanol–water partition coefficient (Wildman–Crippen LogP) is 2.27. The van der Waals surface area contributed by atoms with Gasteiger partial charge in [-0.25, -0.2) is 0 Å². The van der Waals surface area contributed by atoms with Crippen LogP contribution in [0.1, 0.15) is 43.2 Å². The first kappa shape index (κ1) is 14.5. The van der Waals surface area contributed by atoms with Crippen molar-refractivity contribution in [3.05, 3.63) is 35.4 Å². The van der Waals surface area contributed by atoms with Crippen molar-refractivity contribution in [1.29, 1.82) is 5.26 Å². The van der Waals surface area contributed by atoms with Gasteiger partial charge in [0.05, 0.1) is 12.7 Å². The van der Waals surface area contributed by atoms with E-state index >= 15 is 0 Å². The van der Waals surface area contributed by atoms with Gasteiger partial charge in [-0.3, -0.25) is 4.79 Å². The zero-order valence-corrected chi connectivity index (χ0v) is 11.6. The second-order valence-electron chi connectivity index (χ2n) is 5.36. The second-order valence-corrected chi connectivity index (χ2v) is 5.36. The van der Waals surface area contributed by atoms with E-state index in [2.05, 4.69) is 11.4 Å². The Kier molecular flexibility index (Phi) is 4.75.